The van der Waals surface area contributed by atoms with Crippen LogP contribution in [-0.2, 0) is 17.1 Å². The van der Waals surface area contributed by atoms with E-state index >= 15 is 0 Å². The number of aryl methyl sites for hydroxylation is 2. The molecule has 0 atom stereocenters. The number of carbonyl (C=O) groups excluding carboxylic acids is 1. The van der Waals surface area contributed by atoms with Crippen molar-refractivity contribution in [2.24, 2.45) is 7.05 Å². The summed E-state index contributed by atoms with van der Waals surface area (Å²) >= 11 is 0. The van der Waals surface area contributed by atoms with Crippen molar-refractivity contribution >= 4 is 27.7 Å². The number of anilines is 1. The molecule has 126 valence electrons. The molecule has 1 aromatic carbocycles. The van der Waals surface area contributed by atoms with Gasteiger partial charge < -0.3 is 9.88 Å². The summed E-state index contributed by atoms with van der Waals surface area (Å²) in [5.41, 5.74) is 1.40. The first-order valence-electron chi connectivity index (χ1n) is 7.22. The lowest BCUT2D eigenvalue weighted by molar-refractivity contribution is 0.101. The minimum absolute atomic E-state index is 0.0548. The monoisotopic (exact) mass is 349 g/mol. The summed E-state index contributed by atoms with van der Waals surface area (Å²) in [6.45, 7) is 1.76. The van der Waals surface area contributed by atoms with E-state index in [1.165, 1.54) is 29.0 Å². The molecule has 0 unspecified atom stereocenters. The van der Waals surface area contributed by atoms with Crippen LogP contribution in [0.3, 0.4) is 0 Å². The van der Waals surface area contributed by atoms with Crippen LogP contribution in [0.5, 0.6) is 0 Å². The van der Waals surface area contributed by atoms with Gasteiger partial charge in [0, 0.05) is 31.0 Å². The predicted molar refractivity (Wildman–Crippen MR) is 88.7 cm³/mol. The Morgan fingerprint density at radius 3 is 2.83 bits per heavy atom. The first-order valence-corrected chi connectivity index (χ1v) is 8.71. The molecule has 0 radical (unpaired) electrons. The van der Waals surface area contributed by atoms with Gasteiger partial charge in [0.1, 0.15) is 16.4 Å². The summed E-state index contributed by atoms with van der Waals surface area (Å²) < 4.78 is 41.6. The summed E-state index contributed by atoms with van der Waals surface area (Å²) in [6.07, 6.45) is 4.65. The molecule has 0 spiro atoms. The molecular weight excluding hydrogens is 333 g/mol. The molecule has 0 bridgehead atoms. The van der Waals surface area contributed by atoms with Crippen LogP contribution in [0.25, 0.3) is 6.08 Å². The average molecular weight is 349 g/mol. The third kappa shape index (κ3) is 2.85. The Hall–Kier alpha value is -2.45. The number of halogens is 1. The maximum Gasteiger partial charge on any atom is 0.272 e. The van der Waals surface area contributed by atoms with Gasteiger partial charge in [0.05, 0.1) is 0 Å². The molecule has 1 aliphatic heterocycles. The zero-order chi connectivity index (χ0) is 17.5. The van der Waals surface area contributed by atoms with Crippen LogP contribution in [0.15, 0.2) is 35.4 Å². The quantitative estimate of drug-likeness (QED) is 0.871. The topological polar surface area (TPSA) is 80.2 Å². The van der Waals surface area contributed by atoms with Crippen molar-refractivity contribution in [1.29, 1.82) is 0 Å². The maximum absolute atomic E-state index is 13.3. The van der Waals surface area contributed by atoms with Gasteiger partial charge in [-0.25, -0.2) is 17.5 Å². The van der Waals surface area contributed by atoms with Gasteiger partial charge in [0.2, 0.25) is 10.0 Å². The highest BCUT2D eigenvalue weighted by atomic mass is 32.2. The number of nitrogens with zero attached hydrogens (tertiary/aromatic N) is 1. The Balaban J connectivity index is 2.02. The highest BCUT2D eigenvalue weighted by Gasteiger charge is 2.27. The van der Waals surface area contributed by atoms with Gasteiger partial charge in [-0.05, 0) is 30.7 Å². The average Bonchev–Trinajstić information content (AvgIpc) is 2.78. The highest BCUT2D eigenvalue weighted by molar-refractivity contribution is 7.89. The van der Waals surface area contributed by atoms with Crippen molar-refractivity contribution in [1.82, 2.24) is 9.29 Å². The second kappa shape index (κ2) is 5.88. The molecular formula is C16H16FN3O3S. The zero-order valence-corrected chi connectivity index (χ0v) is 13.9. The number of aromatic nitrogens is 1. The molecule has 0 aliphatic carbocycles. The number of benzene rings is 1. The van der Waals surface area contributed by atoms with Crippen molar-refractivity contribution in [2.45, 2.75) is 11.8 Å². The standard InChI is InChI=1S/C16H16FN3O3S/c1-10-8-11(5-6-13(10)17)19-16(21)15-12-4-3-7-18-24(22,23)14(12)9-20(15)2/h3-6,8-9,18H,7H2,1-2H3,(H,19,21). The van der Waals surface area contributed by atoms with E-state index in [-0.39, 0.29) is 23.0 Å². The van der Waals surface area contributed by atoms with Crippen molar-refractivity contribution in [2.75, 3.05) is 11.9 Å². The third-order valence-electron chi connectivity index (χ3n) is 3.78. The van der Waals surface area contributed by atoms with E-state index in [9.17, 15) is 17.6 Å². The number of sulfonamides is 1. The normalized spacial score (nSPS) is 15.6. The molecule has 1 aromatic heterocycles. The van der Waals surface area contributed by atoms with Crippen LogP contribution in [0.2, 0.25) is 0 Å². The molecule has 24 heavy (non-hydrogen) atoms. The fourth-order valence-electron chi connectivity index (χ4n) is 2.60. The van der Waals surface area contributed by atoms with Gasteiger partial charge >= 0.3 is 0 Å². The SMILES string of the molecule is Cc1cc(NC(=O)c2c3c(cn2C)S(=O)(=O)NCC=C3)ccc1F. The van der Waals surface area contributed by atoms with Crippen molar-refractivity contribution in [3.63, 3.8) is 0 Å². The second-order valence-electron chi connectivity index (χ2n) is 5.54. The fraction of sp³-hybridized carbons (Fsp3) is 0.188. The van der Waals surface area contributed by atoms with Crippen LogP contribution in [0.4, 0.5) is 10.1 Å². The summed E-state index contributed by atoms with van der Waals surface area (Å²) in [6, 6.07) is 4.24. The molecule has 0 saturated carbocycles. The summed E-state index contributed by atoms with van der Waals surface area (Å²) in [7, 11) is -2.06. The van der Waals surface area contributed by atoms with Gasteiger partial charge in [-0.3, -0.25) is 4.79 Å². The fourth-order valence-corrected chi connectivity index (χ4v) is 3.82. The molecule has 1 amide bonds. The van der Waals surface area contributed by atoms with E-state index in [0.717, 1.165) is 0 Å². The van der Waals surface area contributed by atoms with Gasteiger partial charge in [0.25, 0.3) is 5.91 Å². The van der Waals surface area contributed by atoms with Crippen molar-refractivity contribution in [3.05, 3.63) is 53.1 Å². The van der Waals surface area contributed by atoms with Crippen LogP contribution in [-0.4, -0.2) is 25.4 Å². The van der Waals surface area contributed by atoms with Crippen LogP contribution in [0, 0.1) is 12.7 Å². The van der Waals surface area contributed by atoms with E-state index in [4.69, 9.17) is 0 Å². The Morgan fingerprint density at radius 1 is 1.38 bits per heavy atom. The van der Waals surface area contributed by atoms with Gasteiger partial charge in [0.15, 0.2) is 0 Å². The lowest BCUT2D eigenvalue weighted by atomic mass is 10.2. The molecule has 2 aromatic rings. The lowest BCUT2D eigenvalue weighted by Gasteiger charge is -2.08. The Kier molecular flexibility index (Phi) is 4.02. The number of hydrogen-bond acceptors (Lipinski definition) is 3. The molecule has 2 heterocycles. The summed E-state index contributed by atoms with van der Waals surface area (Å²) in [5.74, 6) is -0.827. The minimum atomic E-state index is -3.66. The van der Waals surface area contributed by atoms with Crippen molar-refractivity contribution in [3.8, 4) is 0 Å². The minimum Gasteiger partial charge on any atom is -0.345 e. The second-order valence-corrected chi connectivity index (χ2v) is 7.27. The number of fused-ring (bicyclic) bond motifs is 1. The summed E-state index contributed by atoms with van der Waals surface area (Å²) in [5, 5.41) is 2.68. The predicted octanol–water partition coefficient (Wildman–Crippen LogP) is 2.03. The van der Waals surface area contributed by atoms with Crippen LogP contribution in [0.1, 0.15) is 21.6 Å². The number of rotatable bonds is 2. The number of nitrogens with one attached hydrogen (secondary N) is 2. The summed E-state index contributed by atoms with van der Waals surface area (Å²) in [4.78, 5) is 12.7. The Morgan fingerprint density at radius 2 is 2.12 bits per heavy atom. The largest absolute Gasteiger partial charge is 0.345 e. The Bertz CT molecular complexity index is 961. The van der Waals surface area contributed by atoms with Crippen LogP contribution < -0.4 is 10.0 Å². The molecule has 1 aliphatic rings. The molecule has 3 rings (SSSR count). The van der Waals surface area contributed by atoms with E-state index in [0.29, 0.717) is 16.8 Å². The lowest BCUT2D eigenvalue weighted by Crippen LogP contribution is -2.22. The van der Waals surface area contributed by atoms with Crippen LogP contribution >= 0.6 is 0 Å². The van der Waals surface area contributed by atoms with Crippen molar-refractivity contribution < 1.29 is 17.6 Å². The molecule has 0 fully saturated rings. The van der Waals surface area contributed by atoms with E-state index < -0.39 is 15.9 Å². The number of amides is 1. The molecule has 2 N–H and O–H groups in total. The van der Waals surface area contributed by atoms with Gasteiger partial charge in [-0.15, -0.1) is 0 Å². The van der Waals surface area contributed by atoms with E-state index in [1.807, 2.05) is 0 Å². The number of hydrogen-bond donors (Lipinski definition) is 2. The third-order valence-corrected chi connectivity index (χ3v) is 5.23. The van der Waals surface area contributed by atoms with Gasteiger partial charge in [-0.1, -0.05) is 12.2 Å². The Labute approximate surface area is 139 Å². The first kappa shape index (κ1) is 16.4. The first-order chi connectivity index (χ1) is 11.3. The highest BCUT2D eigenvalue weighted by Crippen LogP contribution is 2.26. The van der Waals surface area contributed by atoms with Gasteiger partial charge in [-0.2, -0.15) is 0 Å². The smallest absolute Gasteiger partial charge is 0.272 e. The maximum atomic E-state index is 13.3. The van der Waals surface area contributed by atoms with E-state index in [2.05, 4.69) is 10.0 Å². The van der Waals surface area contributed by atoms with E-state index in [1.54, 1.807) is 26.1 Å². The number of carbonyl (C=O) groups is 1. The zero-order valence-electron chi connectivity index (χ0n) is 13.1. The molecule has 8 heteroatoms. The molecule has 6 nitrogen and oxygen atoms in total. The molecule has 0 saturated heterocycles.